The Morgan fingerprint density at radius 2 is 2.31 bits per heavy atom. The van der Waals surface area contributed by atoms with E-state index >= 15 is 0 Å². The van der Waals surface area contributed by atoms with Crippen LogP contribution < -0.4 is 5.73 Å². The van der Waals surface area contributed by atoms with Crippen LogP contribution >= 0.6 is 0 Å². The summed E-state index contributed by atoms with van der Waals surface area (Å²) in [6.07, 6.45) is 9.36. The molecule has 1 unspecified atom stereocenters. The summed E-state index contributed by atoms with van der Waals surface area (Å²) in [5, 5.41) is 0. The fourth-order valence-electron chi connectivity index (χ4n) is 2.07. The van der Waals surface area contributed by atoms with Crippen LogP contribution in [0, 0.1) is 0 Å². The van der Waals surface area contributed by atoms with Crippen LogP contribution in [0.3, 0.4) is 0 Å². The summed E-state index contributed by atoms with van der Waals surface area (Å²) in [6.45, 7) is 0. The maximum atomic E-state index is 5.86. The van der Waals surface area contributed by atoms with Gasteiger partial charge in [-0.05, 0) is 19.3 Å². The van der Waals surface area contributed by atoms with Gasteiger partial charge in [0.15, 0.2) is 11.5 Å². The lowest BCUT2D eigenvalue weighted by atomic mass is 9.95. The van der Waals surface area contributed by atoms with E-state index in [0.717, 1.165) is 24.2 Å². The van der Waals surface area contributed by atoms with E-state index in [1.165, 1.54) is 6.42 Å². The molecule has 5 heteroatoms. The Balaban J connectivity index is 2.09. The second kappa shape index (κ2) is 3.59. The van der Waals surface area contributed by atoms with Crippen LogP contribution in [-0.4, -0.2) is 19.9 Å². The first-order valence-electron chi connectivity index (χ1n) is 5.48. The Hall–Kier alpha value is -1.91. The molecule has 2 aromatic heterocycles. The van der Waals surface area contributed by atoms with Gasteiger partial charge in [-0.2, -0.15) is 0 Å². The molecule has 3 N–H and O–H groups in total. The molecular weight excluding hydrogens is 202 g/mol. The number of anilines is 1. The van der Waals surface area contributed by atoms with Crippen LogP contribution in [0.5, 0.6) is 0 Å². The number of nitrogen functional groups attached to an aromatic ring is 1. The van der Waals surface area contributed by atoms with Gasteiger partial charge in [0.25, 0.3) is 0 Å². The van der Waals surface area contributed by atoms with Crippen molar-refractivity contribution in [2.24, 2.45) is 0 Å². The highest BCUT2D eigenvalue weighted by Crippen LogP contribution is 2.26. The fraction of sp³-hybridized carbons (Fsp3) is 0.364. The molecule has 82 valence electrons. The highest BCUT2D eigenvalue weighted by molar-refractivity contribution is 5.80. The van der Waals surface area contributed by atoms with Crippen molar-refractivity contribution in [3.8, 4) is 0 Å². The zero-order chi connectivity index (χ0) is 11.0. The number of nitrogens with two attached hydrogens (primary N) is 1. The van der Waals surface area contributed by atoms with Crippen molar-refractivity contribution in [2.45, 2.75) is 25.2 Å². The summed E-state index contributed by atoms with van der Waals surface area (Å²) in [7, 11) is 0. The molecule has 3 rings (SSSR count). The lowest BCUT2D eigenvalue weighted by molar-refractivity contribution is 0.628. The smallest absolute Gasteiger partial charge is 0.183 e. The number of aromatic nitrogens is 4. The lowest BCUT2D eigenvalue weighted by Gasteiger charge is -2.14. The molecule has 1 aliphatic carbocycles. The first-order valence-corrected chi connectivity index (χ1v) is 5.48. The third-order valence-electron chi connectivity index (χ3n) is 2.92. The SMILES string of the molecule is Nc1nc(C2C=CCCC2)nc2nc[nH]c12. The number of nitrogens with zero attached hydrogens (tertiary/aromatic N) is 3. The van der Waals surface area contributed by atoms with Gasteiger partial charge in [-0.1, -0.05) is 12.2 Å². The van der Waals surface area contributed by atoms with Gasteiger partial charge in [-0.25, -0.2) is 15.0 Å². The molecule has 0 saturated carbocycles. The first-order chi connectivity index (χ1) is 7.84. The third kappa shape index (κ3) is 1.44. The van der Waals surface area contributed by atoms with Gasteiger partial charge in [0.2, 0.25) is 0 Å². The number of H-pyrrole nitrogens is 1. The maximum absolute atomic E-state index is 5.86. The topological polar surface area (TPSA) is 80.5 Å². The lowest BCUT2D eigenvalue weighted by Crippen LogP contribution is -2.07. The molecule has 2 aromatic rings. The normalized spacial score (nSPS) is 20.4. The fourth-order valence-corrected chi connectivity index (χ4v) is 2.07. The Morgan fingerprint density at radius 3 is 3.12 bits per heavy atom. The van der Waals surface area contributed by atoms with Crippen LogP contribution in [0.2, 0.25) is 0 Å². The second-order valence-corrected chi connectivity index (χ2v) is 4.03. The molecular formula is C11H13N5. The summed E-state index contributed by atoms with van der Waals surface area (Å²) >= 11 is 0. The van der Waals surface area contributed by atoms with Gasteiger partial charge < -0.3 is 10.7 Å². The van der Waals surface area contributed by atoms with Crippen molar-refractivity contribution in [2.75, 3.05) is 5.73 Å². The quantitative estimate of drug-likeness (QED) is 0.710. The van der Waals surface area contributed by atoms with Crippen molar-refractivity contribution in [1.29, 1.82) is 0 Å². The molecule has 0 saturated heterocycles. The molecule has 0 radical (unpaired) electrons. The van der Waals surface area contributed by atoms with E-state index in [0.29, 0.717) is 11.5 Å². The molecule has 5 nitrogen and oxygen atoms in total. The minimum atomic E-state index is 0.289. The van der Waals surface area contributed by atoms with E-state index in [-0.39, 0.29) is 5.92 Å². The minimum absolute atomic E-state index is 0.289. The molecule has 0 fully saturated rings. The van der Waals surface area contributed by atoms with Crippen LogP contribution in [-0.2, 0) is 0 Å². The summed E-state index contributed by atoms with van der Waals surface area (Å²) < 4.78 is 0. The molecule has 1 aliphatic rings. The Labute approximate surface area is 92.8 Å². The van der Waals surface area contributed by atoms with E-state index in [1.807, 2.05) is 0 Å². The zero-order valence-electron chi connectivity index (χ0n) is 8.85. The number of nitrogens with one attached hydrogen (secondary N) is 1. The molecule has 2 heterocycles. The number of imidazole rings is 1. The molecule has 0 spiro atoms. The largest absolute Gasteiger partial charge is 0.382 e. The average molecular weight is 215 g/mol. The van der Waals surface area contributed by atoms with Gasteiger partial charge >= 0.3 is 0 Å². The molecule has 1 atom stereocenters. The van der Waals surface area contributed by atoms with E-state index in [4.69, 9.17) is 5.73 Å². The highest BCUT2D eigenvalue weighted by Gasteiger charge is 2.16. The third-order valence-corrected chi connectivity index (χ3v) is 2.92. The number of allylic oxidation sites excluding steroid dienone is 2. The van der Waals surface area contributed by atoms with E-state index in [2.05, 4.69) is 32.1 Å². The van der Waals surface area contributed by atoms with E-state index in [9.17, 15) is 0 Å². The highest BCUT2D eigenvalue weighted by atomic mass is 15.0. The number of hydrogen-bond acceptors (Lipinski definition) is 4. The molecule has 0 aliphatic heterocycles. The Kier molecular flexibility index (Phi) is 2.09. The summed E-state index contributed by atoms with van der Waals surface area (Å²) in [6, 6.07) is 0. The molecule has 0 bridgehead atoms. The molecule has 16 heavy (non-hydrogen) atoms. The van der Waals surface area contributed by atoms with Gasteiger partial charge in [-0.3, -0.25) is 0 Å². The summed E-state index contributed by atoms with van der Waals surface area (Å²) in [4.78, 5) is 15.8. The summed E-state index contributed by atoms with van der Waals surface area (Å²) in [5.74, 6) is 1.56. The van der Waals surface area contributed by atoms with Crippen LogP contribution in [0.25, 0.3) is 11.2 Å². The standard InChI is InChI=1S/C11H13N5/c12-9-8-11(14-6-13-8)16-10(15-9)7-4-2-1-3-5-7/h2,4,6-7H,1,3,5H2,(H3,12,13,14,15,16). The zero-order valence-corrected chi connectivity index (χ0v) is 8.85. The minimum Gasteiger partial charge on any atom is -0.382 e. The first kappa shape index (κ1) is 9.33. The van der Waals surface area contributed by atoms with Crippen LogP contribution in [0.1, 0.15) is 31.0 Å². The van der Waals surface area contributed by atoms with Crippen LogP contribution in [0.15, 0.2) is 18.5 Å². The molecule has 0 aromatic carbocycles. The van der Waals surface area contributed by atoms with Gasteiger partial charge in [-0.15, -0.1) is 0 Å². The van der Waals surface area contributed by atoms with Crippen molar-refractivity contribution in [3.05, 3.63) is 24.3 Å². The summed E-state index contributed by atoms with van der Waals surface area (Å²) in [5.41, 5.74) is 7.24. The predicted molar refractivity (Wildman–Crippen MR) is 61.8 cm³/mol. The maximum Gasteiger partial charge on any atom is 0.183 e. The number of hydrogen-bond donors (Lipinski definition) is 2. The Morgan fingerprint density at radius 1 is 1.38 bits per heavy atom. The number of fused-ring (bicyclic) bond motifs is 1. The van der Waals surface area contributed by atoms with E-state index < -0.39 is 0 Å². The van der Waals surface area contributed by atoms with Crippen molar-refractivity contribution in [3.63, 3.8) is 0 Å². The number of rotatable bonds is 1. The monoisotopic (exact) mass is 215 g/mol. The van der Waals surface area contributed by atoms with E-state index in [1.54, 1.807) is 6.33 Å². The van der Waals surface area contributed by atoms with Crippen molar-refractivity contribution < 1.29 is 0 Å². The van der Waals surface area contributed by atoms with Crippen molar-refractivity contribution >= 4 is 17.0 Å². The van der Waals surface area contributed by atoms with Crippen LogP contribution in [0.4, 0.5) is 5.82 Å². The van der Waals surface area contributed by atoms with Crippen molar-refractivity contribution in [1.82, 2.24) is 19.9 Å². The number of aromatic amines is 1. The van der Waals surface area contributed by atoms with Gasteiger partial charge in [0, 0.05) is 5.92 Å². The average Bonchev–Trinajstić information content (AvgIpc) is 2.79. The predicted octanol–water partition coefficient (Wildman–Crippen LogP) is 1.76. The van der Waals surface area contributed by atoms with Gasteiger partial charge in [0.05, 0.1) is 6.33 Å². The second-order valence-electron chi connectivity index (χ2n) is 4.03. The van der Waals surface area contributed by atoms with Gasteiger partial charge in [0.1, 0.15) is 11.3 Å². The Bertz CT molecular complexity index is 542. The molecule has 0 amide bonds.